The van der Waals surface area contributed by atoms with Gasteiger partial charge in [0.2, 0.25) is 0 Å². The first-order valence-corrected chi connectivity index (χ1v) is 7.26. The van der Waals surface area contributed by atoms with Gasteiger partial charge in [0, 0.05) is 16.3 Å². The molecule has 0 bridgehead atoms. The predicted octanol–water partition coefficient (Wildman–Crippen LogP) is 3.66. The second-order valence-corrected chi connectivity index (χ2v) is 5.42. The monoisotopic (exact) mass is 287 g/mol. The zero-order valence-electron chi connectivity index (χ0n) is 11.6. The third-order valence-electron chi connectivity index (χ3n) is 3.13. The number of anilines is 1. The maximum absolute atomic E-state index is 11.7. The van der Waals surface area contributed by atoms with Crippen LogP contribution in [-0.4, -0.2) is 13.1 Å². The first-order valence-electron chi connectivity index (χ1n) is 6.27. The normalized spacial score (nSPS) is 10.3. The van der Waals surface area contributed by atoms with Crippen molar-refractivity contribution in [2.75, 3.05) is 12.8 Å². The fourth-order valence-electron chi connectivity index (χ4n) is 1.90. The summed E-state index contributed by atoms with van der Waals surface area (Å²) in [4.78, 5) is 12.8. The van der Waals surface area contributed by atoms with Gasteiger partial charge >= 0.3 is 5.97 Å². The van der Waals surface area contributed by atoms with Gasteiger partial charge in [-0.3, -0.25) is 0 Å². The molecule has 0 fully saturated rings. The molecule has 0 saturated heterocycles. The van der Waals surface area contributed by atoms with Crippen LogP contribution in [0.2, 0.25) is 0 Å². The third-order valence-corrected chi connectivity index (χ3v) is 4.34. The van der Waals surface area contributed by atoms with Crippen molar-refractivity contribution in [3.8, 4) is 0 Å². The van der Waals surface area contributed by atoms with Gasteiger partial charge in [0.15, 0.2) is 0 Å². The van der Waals surface area contributed by atoms with Crippen LogP contribution in [0, 0.1) is 6.92 Å². The van der Waals surface area contributed by atoms with Gasteiger partial charge in [0.25, 0.3) is 0 Å². The van der Waals surface area contributed by atoms with Crippen molar-refractivity contribution in [3.63, 3.8) is 0 Å². The van der Waals surface area contributed by atoms with E-state index in [1.165, 1.54) is 7.11 Å². The summed E-state index contributed by atoms with van der Waals surface area (Å²) in [5.41, 5.74) is 9.35. The van der Waals surface area contributed by atoms with E-state index in [2.05, 4.69) is 0 Å². The maximum Gasteiger partial charge on any atom is 0.338 e. The summed E-state index contributed by atoms with van der Waals surface area (Å²) < 4.78 is 4.80. The molecular formula is C16H17NO2S. The van der Waals surface area contributed by atoms with Crippen molar-refractivity contribution in [1.82, 2.24) is 0 Å². The van der Waals surface area contributed by atoms with E-state index in [9.17, 15) is 4.79 Å². The molecule has 0 radical (unpaired) electrons. The summed E-state index contributed by atoms with van der Waals surface area (Å²) >= 11 is 1.67. The number of carbonyl (C=O) groups is 1. The molecule has 0 aliphatic carbocycles. The minimum Gasteiger partial charge on any atom is -0.465 e. The molecule has 0 amide bonds. The van der Waals surface area contributed by atoms with Crippen molar-refractivity contribution < 1.29 is 9.53 Å². The van der Waals surface area contributed by atoms with Crippen molar-refractivity contribution in [1.29, 1.82) is 0 Å². The average Bonchev–Trinajstić information content (AvgIpc) is 2.48. The lowest BCUT2D eigenvalue weighted by atomic mass is 10.1. The topological polar surface area (TPSA) is 52.3 Å². The fraction of sp³-hybridized carbons (Fsp3) is 0.188. The van der Waals surface area contributed by atoms with Gasteiger partial charge in [-0.05, 0) is 36.2 Å². The Balaban J connectivity index is 2.19. The van der Waals surface area contributed by atoms with Crippen LogP contribution in [0.15, 0.2) is 47.4 Å². The standard InChI is InChI=1S/C16H17NO2S/c1-11-14(17)8-5-9-15(11)20-10-12-6-3-4-7-13(12)16(18)19-2/h3-9H,10,17H2,1-2H3. The molecule has 0 aliphatic rings. The van der Waals surface area contributed by atoms with Crippen molar-refractivity contribution >= 4 is 23.4 Å². The number of hydrogen-bond acceptors (Lipinski definition) is 4. The molecule has 4 heteroatoms. The van der Waals surface area contributed by atoms with Gasteiger partial charge in [-0.2, -0.15) is 0 Å². The summed E-state index contributed by atoms with van der Waals surface area (Å²) in [6, 6.07) is 13.4. The Bertz CT molecular complexity index is 626. The molecule has 0 saturated carbocycles. The molecule has 0 aromatic heterocycles. The highest BCUT2D eigenvalue weighted by molar-refractivity contribution is 7.98. The van der Waals surface area contributed by atoms with E-state index in [0.717, 1.165) is 21.7 Å². The number of nitrogen functional groups attached to an aromatic ring is 1. The first-order chi connectivity index (χ1) is 9.63. The zero-order valence-corrected chi connectivity index (χ0v) is 12.4. The number of thioether (sulfide) groups is 1. The van der Waals surface area contributed by atoms with Gasteiger partial charge in [-0.15, -0.1) is 11.8 Å². The molecule has 3 nitrogen and oxygen atoms in total. The average molecular weight is 287 g/mol. The van der Waals surface area contributed by atoms with Gasteiger partial charge in [0.05, 0.1) is 12.7 Å². The number of nitrogens with two attached hydrogens (primary N) is 1. The molecule has 0 spiro atoms. The summed E-state index contributed by atoms with van der Waals surface area (Å²) in [5, 5.41) is 0. The Morgan fingerprint density at radius 1 is 1.20 bits per heavy atom. The molecule has 2 aromatic carbocycles. The number of carbonyl (C=O) groups excluding carboxylic acids is 1. The van der Waals surface area contributed by atoms with Gasteiger partial charge in [-0.1, -0.05) is 24.3 Å². The van der Waals surface area contributed by atoms with Crippen LogP contribution in [-0.2, 0) is 10.5 Å². The molecule has 0 heterocycles. The van der Waals surface area contributed by atoms with Crippen LogP contribution in [0.3, 0.4) is 0 Å². The fourth-order valence-corrected chi connectivity index (χ4v) is 2.97. The Kier molecular flexibility index (Phi) is 4.69. The Morgan fingerprint density at radius 2 is 1.95 bits per heavy atom. The third kappa shape index (κ3) is 3.14. The van der Waals surface area contributed by atoms with Crippen LogP contribution in [0.4, 0.5) is 5.69 Å². The predicted molar refractivity (Wildman–Crippen MR) is 82.9 cm³/mol. The number of ether oxygens (including phenoxy) is 1. The Hall–Kier alpha value is -1.94. The summed E-state index contributed by atoms with van der Waals surface area (Å²) in [7, 11) is 1.40. The number of esters is 1. The number of rotatable bonds is 4. The van der Waals surface area contributed by atoms with Crippen molar-refractivity contribution in [2.24, 2.45) is 0 Å². The van der Waals surface area contributed by atoms with Crippen LogP contribution < -0.4 is 5.73 Å². The van der Waals surface area contributed by atoms with E-state index in [-0.39, 0.29) is 5.97 Å². The van der Waals surface area contributed by atoms with E-state index in [4.69, 9.17) is 10.5 Å². The highest BCUT2D eigenvalue weighted by atomic mass is 32.2. The number of benzene rings is 2. The SMILES string of the molecule is COC(=O)c1ccccc1CSc1cccc(N)c1C. The lowest BCUT2D eigenvalue weighted by molar-refractivity contribution is 0.0600. The van der Waals surface area contributed by atoms with Gasteiger partial charge < -0.3 is 10.5 Å². The highest BCUT2D eigenvalue weighted by Gasteiger charge is 2.11. The second kappa shape index (κ2) is 6.48. The smallest absolute Gasteiger partial charge is 0.338 e. The number of hydrogen-bond donors (Lipinski definition) is 1. The lowest BCUT2D eigenvalue weighted by Crippen LogP contribution is -2.04. The molecule has 0 unspecified atom stereocenters. The maximum atomic E-state index is 11.7. The van der Waals surface area contributed by atoms with Crippen LogP contribution >= 0.6 is 11.8 Å². The molecule has 104 valence electrons. The van der Waals surface area contributed by atoms with Crippen molar-refractivity contribution in [2.45, 2.75) is 17.6 Å². The summed E-state index contributed by atoms with van der Waals surface area (Å²) in [5.74, 6) is 0.403. The minimum absolute atomic E-state index is 0.300. The summed E-state index contributed by atoms with van der Waals surface area (Å²) in [6.45, 7) is 2.00. The van der Waals surface area contributed by atoms with Crippen LogP contribution in [0.25, 0.3) is 0 Å². The largest absolute Gasteiger partial charge is 0.465 e. The molecule has 2 N–H and O–H groups in total. The van der Waals surface area contributed by atoms with Crippen molar-refractivity contribution in [3.05, 3.63) is 59.2 Å². The second-order valence-electron chi connectivity index (χ2n) is 4.41. The first kappa shape index (κ1) is 14.5. The molecule has 2 rings (SSSR count). The molecular weight excluding hydrogens is 270 g/mol. The van der Waals surface area contributed by atoms with E-state index in [0.29, 0.717) is 11.3 Å². The zero-order chi connectivity index (χ0) is 14.5. The van der Waals surface area contributed by atoms with Crippen LogP contribution in [0.1, 0.15) is 21.5 Å². The van der Waals surface area contributed by atoms with E-state index < -0.39 is 0 Å². The van der Waals surface area contributed by atoms with Gasteiger partial charge in [-0.25, -0.2) is 4.79 Å². The molecule has 0 atom stereocenters. The quantitative estimate of drug-likeness (QED) is 0.530. The van der Waals surface area contributed by atoms with Crippen LogP contribution in [0.5, 0.6) is 0 Å². The highest BCUT2D eigenvalue weighted by Crippen LogP contribution is 2.29. The Morgan fingerprint density at radius 3 is 2.70 bits per heavy atom. The molecule has 20 heavy (non-hydrogen) atoms. The van der Waals surface area contributed by atoms with E-state index >= 15 is 0 Å². The van der Waals surface area contributed by atoms with Gasteiger partial charge in [0.1, 0.15) is 0 Å². The number of methoxy groups -OCH3 is 1. The summed E-state index contributed by atoms with van der Waals surface area (Å²) in [6.07, 6.45) is 0. The molecule has 2 aromatic rings. The van der Waals surface area contributed by atoms with E-state index in [1.807, 2.05) is 43.3 Å². The lowest BCUT2D eigenvalue weighted by Gasteiger charge is -2.10. The van der Waals surface area contributed by atoms with E-state index in [1.54, 1.807) is 17.8 Å². The minimum atomic E-state index is -0.300. The Labute approximate surface area is 123 Å². The molecule has 0 aliphatic heterocycles.